The maximum atomic E-state index is 11.1. The summed E-state index contributed by atoms with van der Waals surface area (Å²) in [5.41, 5.74) is 10.4. The Kier molecular flexibility index (Phi) is 5.83. The number of hydrogen-bond donors (Lipinski definition) is 3. The van der Waals surface area contributed by atoms with E-state index >= 15 is 0 Å². The Hall–Kier alpha value is -0.610. The van der Waals surface area contributed by atoms with E-state index in [2.05, 4.69) is 19.2 Å². The highest BCUT2D eigenvalue weighted by atomic mass is 16.1. The van der Waals surface area contributed by atoms with Gasteiger partial charge in [0.2, 0.25) is 5.91 Å². The van der Waals surface area contributed by atoms with E-state index < -0.39 is 5.41 Å². The third kappa shape index (κ3) is 5.14. The summed E-state index contributed by atoms with van der Waals surface area (Å²) in [7, 11) is 0. The average molecular weight is 215 g/mol. The number of rotatable bonds is 7. The Morgan fingerprint density at radius 2 is 1.93 bits per heavy atom. The minimum atomic E-state index is -0.490. The largest absolute Gasteiger partial charge is 0.369 e. The van der Waals surface area contributed by atoms with E-state index in [-0.39, 0.29) is 5.91 Å². The molecule has 0 aliphatic rings. The molecule has 0 saturated heterocycles. The van der Waals surface area contributed by atoms with Gasteiger partial charge in [-0.3, -0.25) is 4.79 Å². The summed E-state index contributed by atoms with van der Waals surface area (Å²) in [6, 6.07) is 0. The van der Waals surface area contributed by atoms with Gasteiger partial charge >= 0.3 is 0 Å². The van der Waals surface area contributed by atoms with Gasteiger partial charge in [0.15, 0.2) is 0 Å². The van der Waals surface area contributed by atoms with E-state index in [1.807, 2.05) is 13.8 Å². The van der Waals surface area contributed by atoms with Crippen molar-refractivity contribution in [2.24, 2.45) is 28.7 Å². The SMILES string of the molecule is CC(C)C(CN)CNCC(C)(C)C(N)=O. The van der Waals surface area contributed by atoms with Crippen LogP contribution >= 0.6 is 0 Å². The van der Waals surface area contributed by atoms with Crippen LogP contribution in [-0.4, -0.2) is 25.5 Å². The number of hydrogen-bond acceptors (Lipinski definition) is 3. The standard InChI is InChI=1S/C11H25N3O/c1-8(2)9(5-12)6-14-7-11(3,4)10(13)15/h8-9,14H,5-7,12H2,1-4H3,(H2,13,15). The summed E-state index contributed by atoms with van der Waals surface area (Å²) in [6.07, 6.45) is 0. The van der Waals surface area contributed by atoms with Crippen molar-refractivity contribution >= 4 is 5.91 Å². The molecule has 0 radical (unpaired) electrons. The summed E-state index contributed by atoms with van der Waals surface area (Å²) in [6.45, 7) is 10.1. The number of amides is 1. The van der Waals surface area contributed by atoms with Gasteiger partial charge in [0.1, 0.15) is 0 Å². The van der Waals surface area contributed by atoms with Crippen molar-refractivity contribution in [1.29, 1.82) is 0 Å². The zero-order valence-electron chi connectivity index (χ0n) is 10.3. The zero-order chi connectivity index (χ0) is 12.1. The van der Waals surface area contributed by atoms with E-state index in [0.29, 0.717) is 24.9 Å². The van der Waals surface area contributed by atoms with Crippen molar-refractivity contribution in [1.82, 2.24) is 5.32 Å². The van der Waals surface area contributed by atoms with Crippen LogP contribution in [0, 0.1) is 17.3 Å². The molecule has 0 aromatic heterocycles. The second-order valence-corrected chi connectivity index (χ2v) is 5.12. The topological polar surface area (TPSA) is 81.1 Å². The van der Waals surface area contributed by atoms with Gasteiger partial charge in [-0.05, 0) is 38.8 Å². The fourth-order valence-electron chi connectivity index (χ4n) is 1.25. The van der Waals surface area contributed by atoms with Gasteiger partial charge in [-0.25, -0.2) is 0 Å². The molecule has 0 aromatic carbocycles. The van der Waals surface area contributed by atoms with Crippen LogP contribution in [-0.2, 0) is 4.79 Å². The molecule has 1 unspecified atom stereocenters. The predicted molar refractivity (Wildman–Crippen MR) is 63.2 cm³/mol. The van der Waals surface area contributed by atoms with Crippen molar-refractivity contribution in [2.45, 2.75) is 27.7 Å². The maximum absolute atomic E-state index is 11.1. The van der Waals surface area contributed by atoms with Crippen molar-refractivity contribution in [3.8, 4) is 0 Å². The van der Waals surface area contributed by atoms with Gasteiger partial charge < -0.3 is 16.8 Å². The molecule has 0 fully saturated rings. The first-order valence-electron chi connectivity index (χ1n) is 5.52. The summed E-state index contributed by atoms with van der Waals surface area (Å²) in [5.74, 6) is 0.733. The lowest BCUT2D eigenvalue weighted by Crippen LogP contribution is -2.43. The lowest BCUT2D eigenvalue weighted by atomic mass is 9.91. The molecule has 15 heavy (non-hydrogen) atoms. The molecule has 1 atom stereocenters. The number of primary amides is 1. The van der Waals surface area contributed by atoms with Crippen LogP contribution in [0.3, 0.4) is 0 Å². The normalized spacial score (nSPS) is 14.3. The quantitative estimate of drug-likeness (QED) is 0.572. The minimum absolute atomic E-state index is 0.274. The lowest BCUT2D eigenvalue weighted by molar-refractivity contribution is -0.125. The summed E-state index contributed by atoms with van der Waals surface area (Å²) in [4.78, 5) is 11.1. The molecule has 4 heteroatoms. The third-order valence-corrected chi connectivity index (χ3v) is 2.89. The van der Waals surface area contributed by atoms with Crippen LogP contribution in [0.4, 0.5) is 0 Å². The summed E-state index contributed by atoms with van der Waals surface area (Å²) in [5, 5.41) is 3.26. The maximum Gasteiger partial charge on any atom is 0.224 e. The van der Waals surface area contributed by atoms with Crippen molar-refractivity contribution in [2.75, 3.05) is 19.6 Å². The van der Waals surface area contributed by atoms with Crippen LogP contribution in [0.5, 0.6) is 0 Å². The molecule has 0 bridgehead atoms. The molecule has 0 aliphatic heterocycles. The Morgan fingerprint density at radius 3 is 2.27 bits per heavy atom. The molecule has 0 spiro atoms. The Balaban J connectivity index is 3.92. The predicted octanol–water partition coefficient (Wildman–Crippen LogP) is 0.318. The molecular weight excluding hydrogens is 190 g/mol. The van der Waals surface area contributed by atoms with E-state index in [0.717, 1.165) is 6.54 Å². The van der Waals surface area contributed by atoms with Gasteiger partial charge in [-0.1, -0.05) is 13.8 Å². The van der Waals surface area contributed by atoms with Crippen LogP contribution in [0.25, 0.3) is 0 Å². The van der Waals surface area contributed by atoms with Crippen molar-refractivity contribution in [3.05, 3.63) is 0 Å². The van der Waals surface area contributed by atoms with Gasteiger partial charge in [0.25, 0.3) is 0 Å². The van der Waals surface area contributed by atoms with Gasteiger partial charge in [0.05, 0.1) is 5.41 Å². The fourth-order valence-corrected chi connectivity index (χ4v) is 1.25. The second kappa shape index (κ2) is 6.08. The number of nitrogens with two attached hydrogens (primary N) is 2. The van der Waals surface area contributed by atoms with Crippen molar-refractivity contribution in [3.63, 3.8) is 0 Å². The average Bonchev–Trinajstić information content (AvgIpc) is 2.11. The molecular formula is C11H25N3O. The Bertz CT molecular complexity index is 202. The molecule has 90 valence electrons. The van der Waals surface area contributed by atoms with E-state index in [1.54, 1.807) is 0 Å². The van der Waals surface area contributed by atoms with Crippen LogP contribution in [0.15, 0.2) is 0 Å². The summed E-state index contributed by atoms with van der Waals surface area (Å²) < 4.78 is 0. The number of nitrogens with one attached hydrogen (secondary N) is 1. The molecule has 0 aliphatic carbocycles. The number of carbonyl (C=O) groups excluding carboxylic acids is 1. The fraction of sp³-hybridized carbons (Fsp3) is 0.909. The highest BCUT2D eigenvalue weighted by Crippen LogP contribution is 2.13. The molecule has 0 saturated carbocycles. The molecule has 4 nitrogen and oxygen atoms in total. The van der Waals surface area contributed by atoms with E-state index in [1.165, 1.54) is 0 Å². The first kappa shape index (κ1) is 14.4. The first-order chi connectivity index (χ1) is 6.81. The third-order valence-electron chi connectivity index (χ3n) is 2.89. The van der Waals surface area contributed by atoms with Gasteiger partial charge in [0, 0.05) is 6.54 Å². The lowest BCUT2D eigenvalue weighted by Gasteiger charge is -2.24. The van der Waals surface area contributed by atoms with Crippen molar-refractivity contribution < 1.29 is 4.79 Å². The molecule has 0 aromatic rings. The Morgan fingerprint density at radius 1 is 1.40 bits per heavy atom. The Labute approximate surface area is 92.8 Å². The van der Waals surface area contributed by atoms with E-state index in [9.17, 15) is 4.79 Å². The van der Waals surface area contributed by atoms with Crippen LogP contribution < -0.4 is 16.8 Å². The molecule has 0 heterocycles. The smallest absolute Gasteiger partial charge is 0.224 e. The highest BCUT2D eigenvalue weighted by Gasteiger charge is 2.24. The highest BCUT2D eigenvalue weighted by molar-refractivity contribution is 5.80. The monoisotopic (exact) mass is 215 g/mol. The van der Waals surface area contributed by atoms with E-state index in [4.69, 9.17) is 11.5 Å². The van der Waals surface area contributed by atoms with Gasteiger partial charge in [-0.2, -0.15) is 0 Å². The zero-order valence-corrected chi connectivity index (χ0v) is 10.3. The van der Waals surface area contributed by atoms with Crippen LogP contribution in [0.2, 0.25) is 0 Å². The van der Waals surface area contributed by atoms with Crippen LogP contribution in [0.1, 0.15) is 27.7 Å². The first-order valence-corrected chi connectivity index (χ1v) is 5.52. The molecule has 1 amide bonds. The van der Waals surface area contributed by atoms with Gasteiger partial charge in [-0.15, -0.1) is 0 Å². The second-order valence-electron chi connectivity index (χ2n) is 5.12. The molecule has 5 N–H and O–H groups in total. The minimum Gasteiger partial charge on any atom is -0.369 e. The number of carbonyl (C=O) groups is 1. The molecule has 0 rings (SSSR count). The summed E-state index contributed by atoms with van der Waals surface area (Å²) >= 11 is 0.